The van der Waals surface area contributed by atoms with Crippen molar-refractivity contribution in [2.45, 2.75) is 6.10 Å². The number of hydrogen-bond acceptors (Lipinski definition) is 6. The van der Waals surface area contributed by atoms with Crippen molar-refractivity contribution >= 4 is 5.91 Å². The maximum Gasteiger partial charge on any atom is 0.236 e. The van der Waals surface area contributed by atoms with Gasteiger partial charge in [0.15, 0.2) is 11.5 Å². The van der Waals surface area contributed by atoms with Crippen LogP contribution in [0.3, 0.4) is 0 Å². The zero-order chi connectivity index (χ0) is 18.2. The number of benzene rings is 1. The molecular weight excluding hydrogens is 322 g/mol. The van der Waals surface area contributed by atoms with Crippen LogP contribution in [0.4, 0.5) is 0 Å². The summed E-state index contributed by atoms with van der Waals surface area (Å²) in [6, 6.07) is 7.41. The van der Waals surface area contributed by atoms with Crippen LogP contribution in [0, 0.1) is 0 Å². The number of ether oxygens (including phenoxy) is 2. The van der Waals surface area contributed by atoms with E-state index in [1.807, 2.05) is 24.3 Å². The lowest BCUT2D eigenvalue weighted by Crippen LogP contribution is -2.51. The summed E-state index contributed by atoms with van der Waals surface area (Å²) in [5.74, 6) is 1.42. The molecular formula is C18H29N3O4. The highest BCUT2D eigenvalue weighted by atomic mass is 16.5. The van der Waals surface area contributed by atoms with E-state index in [1.54, 1.807) is 26.1 Å². The van der Waals surface area contributed by atoms with Crippen molar-refractivity contribution in [3.05, 3.63) is 24.3 Å². The molecule has 0 spiro atoms. The van der Waals surface area contributed by atoms with Gasteiger partial charge in [-0.2, -0.15) is 0 Å². The molecule has 7 heteroatoms. The third kappa shape index (κ3) is 6.19. The van der Waals surface area contributed by atoms with Crippen LogP contribution in [0.25, 0.3) is 0 Å². The maximum absolute atomic E-state index is 11.7. The van der Waals surface area contributed by atoms with Crippen LogP contribution in [0.2, 0.25) is 0 Å². The van der Waals surface area contributed by atoms with Crippen LogP contribution in [0.15, 0.2) is 24.3 Å². The number of methoxy groups -OCH3 is 1. The van der Waals surface area contributed by atoms with E-state index in [9.17, 15) is 9.90 Å². The molecule has 1 unspecified atom stereocenters. The minimum atomic E-state index is -0.570. The van der Waals surface area contributed by atoms with Gasteiger partial charge in [0, 0.05) is 46.8 Å². The Hall–Kier alpha value is -1.83. The van der Waals surface area contributed by atoms with E-state index in [-0.39, 0.29) is 12.5 Å². The Kier molecular flexibility index (Phi) is 7.49. The lowest BCUT2D eigenvalue weighted by Gasteiger charge is -2.35. The number of aliphatic hydroxyl groups is 1. The molecule has 7 nitrogen and oxygen atoms in total. The first kappa shape index (κ1) is 19.5. The van der Waals surface area contributed by atoms with Crippen molar-refractivity contribution in [3.8, 4) is 11.5 Å². The number of carbonyl (C=O) groups is 1. The monoisotopic (exact) mass is 351 g/mol. The summed E-state index contributed by atoms with van der Waals surface area (Å²) in [6.45, 7) is 4.59. The fourth-order valence-corrected chi connectivity index (χ4v) is 2.74. The first-order valence-electron chi connectivity index (χ1n) is 8.58. The van der Waals surface area contributed by atoms with Crippen LogP contribution in [0.5, 0.6) is 11.5 Å². The zero-order valence-electron chi connectivity index (χ0n) is 15.4. The number of nitrogens with zero attached hydrogens (tertiary/aromatic N) is 3. The molecule has 0 radical (unpaired) electrons. The largest absolute Gasteiger partial charge is 0.493 e. The van der Waals surface area contributed by atoms with E-state index in [0.29, 0.717) is 24.6 Å². The molecule has 25 heavy (non-hydrogen) atoms. The van der Waals surface area contributed by atoms with Crippen molar-refractivity contribution in [1.29, 1.82) is 0 Å². The summed E-state index contributed by atoms with van der Waals surface area (Å²) in [4.78, 5) is 17.7. The summed E-state index contributed by atoms with van der Waals surface area (Å²) in [5, 5.41) is 10.2. The summed E-state index contributed by atoms with van der Waals surface area (Å²) < 4.78 is 10.9. The van der Waals surface area contributed by atoms with Crippen molar-refractivity contribution in [3.63, 3.8) is 0 Å². The van der Waals surface area contributed by atoms with Gasteiger partial charge in [0.25, 0.3) is 0 Å². The van der Waals surface area contributed by atoms with Crippen molar-refractivity contribution < 1.29 is 19.4 Å². The van der Waals surface area contributed by atoms with Gasteiger partial charge in [0.2, 0.25) is 5.91 Å². The molecule has 1 fully saturated rings. The molecule has 0 bridgehead atoms. The molecule has 1 amide bonds. The highest BCUT2D eigenvalue weighted by Gasteiger charge is 2.21. The number of piperazine rings is 1. The number of hydrogen-bond donors (Lipinski definition) is 1. The van der Waals surface area contributed by atoms with E-state index < -0.39 is 6.10 Å². The van der Waals surface area contributed by atoms with Gasteiger partial charge in [-0.3, -0.25) is 14.6 Å². The lowest BCUT2D eigenvalue weighted by molar-refractivity contribution is -0.130. The van der Waals surface area contributed by atoms with Gasteiger partial charge < -0.3 is 19.5 Å². The van der Waals surface area contributed by atoms with Gasteiger partial charge >= 0.3 is 0 Å². The Labute approximate surface area is 149 Å². The van der Waals surface area contributed by atoms with Gasteiger partial charge in [-0.1, -0.05) is 12.1 Å². The van der Waals surface area contributed by atoms with E-state index in [0.717, 1.165) is 26.2 Å². The molecule has 1 N–H and O–H groups in total. The fraction of sp³-hybridized carbons (Fsp3) is 0.611. The topological polar surface area (TPSA) is 65.5 Å². The Morgan fingerprint density at radius 3 is 2.36 bits per heavy atom. The number of rotatable bonds is 8. The van der Waals surface area contributed by atoms with Crippen LogP contribution in [-0.2, 0) is 4.79 Å². The van der Waals surface area contributed by atoms with Gasteiger partial charge in [0.05, 0.1) is 13.7 Å². The van der Waals surface area contributed by atoms with Gasteiger partial charge in [-0.25, -0.2) is 0 Å². The predicted molar refractivity (Wildman–Crippen MR) is 96.1 cm³/mol. The molecule has 1 saturated heterocycles. The SMILES string of the molecule is COc1ccccc1OCC(O)CN1CCN(CC(=O)N(C)C)CC1. The minimum absolute atomic E-state index is 0.124. The van der Waals surface area contributed by atoms with Gasteiger partial charge in [-0.05, 0) is 12.1 Å². The van der Waals surface area contributed by atoms with Crippen molar-refractivity contribution in [2.24, 2.45) is 0 Å². The summed E-state index contributed by atoms with van der Waals surface area (Å²) >= 11 is 0. The second-order valence-corrected chi connectivity index (χ2v) is 6.48. The van der Waals surface area contributed by atoms with Crippen molar-refractivity contribution in [1.82, 2.24) is 14.7 Å². The highest BCUT2D eigenvalue weighted by Crippen LogP contribution is 2.25. The first-order valence-corrected chi connectivity index (χ1v) is 8.58. The molecule has 0 aromatic heterocycles. The maximum atomic E-state index is 11.7. The summed E-state index contributed by atoms with van der Waals surface area (Å²) in [6.07, 6.45) is -0.570. The number of carbonyl (C=O) groups excluding carboxylic acids is 1. The second-order valence-electron chi connectivity index (χ2n) is 6.48. The number of likely N-dealkylation sites (N-methyl/N-ethyl adjacent to an activating group) is 1. The quantitative estimate of drug-likeness (QED) is 0.719. The molecule has 1 atom stereocenters. The molecule has 2 rings (SSSR count). The van der Waals surface area contributed by atoms with Crippen LogP contribution in [0.1, 0.15) is 0 Å². The molecule has 1 aromatic rings. The smallest absolute Gasteiger partial charge is 0.236 e. The van der Waals surface area contributed by atoms with Crippen molar-refractivity contribution in [2.75, 3.05) is 67.1 Å². The number of aliphatic hydroxyl groups excluding tert-OH is 1. The molecule has 0 saturated carbocycles. The van der Waals surface area contributed by atoms with Gasteiger partial charge in [-0.15, -0.1) is 0 Å². The third-order valence-electron chi connectivity index (χ3n) is 4.29. The average molecular weight is 351 g/mol. The number of β-amino-alcohol motifs (C(OH)–C–C–N with tert-alkyl or cyclic N) is 1. The lowest BCUT2D eigenvalue weighted by atomic mass is 10.2. The third-order valence-corrected chi connectivity index (χ3v) is 4.29. The van der Waals surface area contributed by atoms with E-state index in [2.05, 4.69) is 9.80 Å². The number of para-hydroxylation sites is 2. The van der Waals surface area contributed by atoms with Gasteiger partial charge in [0.1, 0.15) is 12.7 Å². The Balaban J connectivity index is 1.70. The Morgan fingerprint density at radius 2 is 1.76 bits per heavy atom. The molecule has 1 heterocycles. The highest BCUT2D eigenvalue weighted by molar-refractivity contribution is 5.77. The zero-order valence-corrected chi connectivity index (χ0v) is 15.4. The van der Waals surface area contributed by atoms with Crippen LogP contribution < -0.4 is 9.47 Å². The summed E-state index contributed by atoms with van der Waals surface area (Å²) in [7, 11) is 5.15. The van der Waals surface area contributed by atoms with Crippen LogP contribution >= 0.6 is 0 Å². The standard InChI is InChI=1S/C18H29N3O4/c1-19(2)18(23)13-21-10-8-20(9-11-21)12-15(22)14-25-17-7-5-4-6-16(17)24-3/h4-7,15,22H,8-14H2,1-3H3. The molecule has 0 aliphatic carbocycles. The molecule has 1 aromatic carbocycles. The summed E-state index contributed by atoms with van der Waals surface area (Å²) in [5.41, 5.74) is 0. The molecule has 140 valence electrons. The molecule has 1 aliphatic heterocycles. The first-order chi connectivity index (χ1) is 12.0. The average Bonchev–Trinajstić information content (AvgIpc) is 2.61. The second kappa shape index (κ2) is 9.60. The van der Waals surface area contributed by atoms with E-state index >= 15 is 0 Å². The minimum Gasteiger partial charge on any atom is -0.493 e. The Morgan fingerprint density at radius 1 is 1.16 bits per heavy atom. The van der Waals surface area contributed by atoms with Crippen LogP contribution in [-0.4, -0.2) is 98.9 Å². The Bertz CT molecular complexity index is 545. The fourth-order valence-electron chi connectivity index (χ4n) is 2.74. The van der Waals surface area contributed by atoms with E-state index in [1.165, 1.54) is 0 Å². The number of amides is 1. The normalized spacial score (nSPS) is 17.1. The predicted octanol–water partition coefficient (Wildman–Crippen LogP) is 0.141. The van der Waals surface area contributed by atoms with E-state index in [4.69, 9.17) is 9.47 Å². The molecule has 1 aliphatic rings.